The van der Waals surface area contributed by atoms with E-state index in [2.05, 4.69) is 23.9 Å². The average molecular weight is 255 g/mol. The van der Waals surface area contributed by atoms with Crippen molar-refractivity contribution in [3.05, 3.63) is 24.3 Å². The lowest BCUT2D eigenvalue weighted by molar-refractivity contribution is -0.0498. The predicted molar refractivity (Wildman–Crippen MR) is 68.1 cm³/mol. The van der Waals surface area contributed by atoms with Crippen molar-refractivity contribution in [2.75, 3.05) is 5.32 Å². The van der Waals surface area contributed by atoms with E-state index in [0.717, 1.165) is 12.1 Å². The third kappa shape index (κ3) is 3.12. The molecule has 0 saturated heterocycles. The first-order valence-electron chi connectivity index (χ1n) is 6.29. The normalized spacial score (nSPS) is 22.2. The van der Waals surface area contributed by atoms with Crippen LogP contribution in [0.15, 0.2) is 24.3 Å². The SMILES string of the molecule is CC1(C)CCCC1Nc1cccc(OC(F)F)c1. The van der Waals surface area contributed by atoms with E-state index < -0.39 is 6.61 Å². The Balaban J connectivity index is 2.05. The van der Waals surface area contributed by atoms with E-state index in [0.29, 0.717) is 6.04 Å². The Morgan fingerprint density at radius 1 is 1.39 bits per heavy atom. The van der Waals surface area contributed by atoms with Gasteiger partial charge in [0.05, 0.1) is 0 Å². The molecule has 1 aliphatic rings. The Hall–Kier alpha value is -1.32. The van der Waals surface area contributed by atoms with Gasteiger partial charge in [-0.15, -0.1) is 0 Å². The minimum atomic E-state index is -2.77. The standard InChI is InChI=1S/C14H19F2NO/c1-14(2)8-4-7-12(14)17-10-5-3-6-11(9-10)18-13(15)16/h3,5-6,9,12-13,17H,4,7-8H2,1-2H3. The summed E-state index contributed by atoms with van der Waals surface area (Å²) in [5.41, 5.74) is 1.09. The van der Waals surface area contributed by atoms with E-state index in [1.807, 2.05) is 6.07 Å². The molecule has 1 saturated carbocycles. The van der Waals surface area contributed by atoms with Crippen LogP contribution in [0.25, 0.3) is 0 Å². The number of hydrogen-bond acceptors (Lipinski definition) is 2. The van der Waals surface area contributed by atoms with Gasteiger partial charge in [0.15, 0.2) is 0 Å². The fourth-order valence-electron chi connectivity index (χ4n) is 2.56. The zero-order chi connectivity index (χ0) is 13.2. The molecule has 1 N–H and O–H groups in total. The van der Waals surface area contributed by atoms with Gasteiger partial charge in [-0.3, -0.25) is 0 Å². The second-order valence-corrected chi connectivity index (χ2v) is 5.48. The molecule has 1 aliphatic carbocycles. The number of alkyl halides is 2. The van der Waals surface area contributed by atoms with Gasteiger partial charge in [0.1, 0.15) is 5.75 Å². The number of ether oxygens (including phenoxy) is 1. The first kappa shape index (κ1) is 13.1. The maximum absolute atomic E-state index is 12.1. The van der Waals surface area contributed by atoms with Crippen LogP contribution in [0.5, 0.6) is 5.75 Å². The molecule has 0 aromatic heterocycles. The lowest BCUT2D eigenvalue weighted by atomic mass is 9.87. The summed E-state index contributed by atoms with van der Waals surface area (Å²) in [5.74, 6) is 0.200. The second-order valence-electron chi connectivity index (χ2n) is 5.48. The molecule has 2 nitrogen and oxygen atoms in total. The van der Waals surface area contributed by atoms with E-state index in [1.165, 1.54) is 18.9 Å². The van der Waals surface area contributed by atoms with Gasteiger partial charge in [-0.25, -0.2) is 0 Å². The van der Waals surface area contributed by atoms with Crippen molar-refractivity contribution in [3.63, 3.8) is 0 Å². The van der Waals surface area contributed by atoms with Crippen molar-refractivity contribution in [1.82, 2.24) is 0 Å². The van der Waals surface area contributed by atoms with Gasteiger partial charge in [-0.1, -0.05) is 26.3 Å². The van der Waals surface area contributed by atoms with Gasteiger partial charge >= 0.3 is 6.61 Å². The van der Waals surface area contributed by atoms with Crippen molar-refractivity contribution < 1.29 is 13.5 Å². The van der Waals surface area contributed by atoms with Crippen LogP contribution in [-0.4, -0.2) is 12.7 Å². The van der Waals surface area contributed by atoms with Gasteiger partial charge in [0.2, 0.25) is 0 Å². The molecule has 0 amide bonds. The second kappa shape index (κ2) is 5.12. The lowest BCUT2D eigenvalue weighted by Gasteiger charge is -2.28. The Labute approximate surface area is 106 Å². The molecule has 0 aliphatic heterocycles. The molecule has 0 bridgehead atoms. The molecule has 1 aromatic rings. The van der Waals surface area contributed by atoms with Gasteiger partial charge in [-0.2, -0.15) is 8.78 Å². The van der Waals surface area contributed by atoms with E-state index >= 15 is 0 Å². The summed E-state index contributed by atoms with van der Waals surface area (Å²) >= 11 is 0. The molecule has 4 heteroatoms. The van der Waals surface area contributed by atoms with Crippen LogP contribution in [0.2, 0.25) is 0 Å². The third-order valence-corrected chi connectivity index (χ3v) is 3.66. The fraction of sp³-hybridized carbons (Fsp3) is 0.571. The summed E-state index contributed by atoms with van der Waals surface area (Å²) in [6, 6.07) is 7.16. The minimum absolute atomic E-state index is 0.200. The molecular weight excluding hydrogens is 236 g/mol. The largest absolute Gasteiger partial charge is 0.435 e. The van der Waals surface area contributed by atoms with E-state index in [-0.39, 0.29) is 11.2 Å². The van der Waals surface area contributed by atoms with Crippen LogP contribution in [0, 0.1) is 5.41 Å². The number of halogens is 2. The molecule has 100 valence electrons. The minimum Gasteiger partial charge on any atom is -0.435 e. The molecule has 0 heterocycles. The van der Waals surface area contributed by atoms with Crippen LogP contribution in [0.4, 0.5) is 14.5 Å². The summed E-state index contributed by atoms with van der Waals surface area (Å²) in [4.78, 5) is 0. The summed E-state index contributed by atoms with van der Waals surface area (Å²) in [5, 5.41) is 3.42. The molecule has 2 rings (SSSR count). The molecule has 1 fully saturated rings. The summed E-state index contributed by atoms with van der Waals surface area (Å²) < 4.78 is 28.7. The summed E-state index contributed by atoms with van der Waals surface area (Å²) in [6.07, 6.45) is 3.52. The first-order valence-corrected chi connectivity index (χ1v) is 6.29. The monoisotopic (exact) mass is 255 g/mol. The number of hydrogen-bond donors (Lipinski definition) is 1. The maximum atomic E-state index is 12.1. The lowest BCUT2D eigenvalue weighted by Crippen LogP contribution is -2.30. The predicted octanol–water partition coefficient (Wildman–Crippen LogP) is 4.28. The number of benzene rings is 1. The molecule has 0 spiro atoms. The Morgan fingerprint density at radius 3 is 2.78 bits per heavy atom. The maximum Gasteiger partial charge on any atom is 0.387 e. The molecular formula is C14H19F2NO. The topological polar surface area (TPSA) is 21.3 Å². The molecule has 1 unspecified atom stereocenters. The summed E-state index contributed by atoms with van der Waals surface area (Å²) in [7, 11) is 0. The summed E-state index contributed by atoms with van der Waals surface area (Å²) in [6.45, 7) is 1.69. The molecule has 0 radical (unpaired) electrons. The highest BCUT2D eigenvalue weighted by Crippen LogP contribution is 2.39. The van der Waals surface area contributed by atoms with E-state index in [9.17, 15) is 8.78 Å². The van der Waals surface area contributed by atoms with Gasteiger partial charge in [-0.05, 0) is 30.4 Å². The van der Waals surface area contributed by atoms with Crippen molar-refractivity contribution in [2.45, 2.75) is 45.8 Å². The van der Waals surface area contributed by atoms with Gasteiger partial charge in [0, 0.05) is 17.8 Å². The third-order valence-electron chi connectivity index (χ3n) is 3.66. The highest BCUT2D eigenvalue weighted by Gasteiger charge is 2.34. The molecule has 1 aromatic carbocycles. The van der Waals surface area contributed by atoms with Gasteiger partial charge in [0.25, 0.3) is 0 Å². The zero-order valence-electron chi connectivity index (χ0n) is 10.7. The van der Waals surface area contributed by atoms with Crippen molar-refractivity contribution in [3.8, 4) is 5.75 Å². The zero-order valence-corrected chi connectivity index (χ0v) is 10.7. The number of nitrogens with one attached hydrogen (secondary N) is 1. The smallest absolute Gasteiger partial charge is 0.387 e. The van der Waals surface area contributed by atoms with Crippen molar-refractivity contribution >= 4 is 5.69 Å². The number of rotatable bonds is 4. The van der Waals surface area contributed by atoms with E-state index in [1.54, 1.807) is 12.1 Å². The highest BCUT2D eigenvalue weighted by atomic mass is 19.3. The quantitative estimate of drug-likeness (QED) is 0.867. The highest BCUT2D eigenvalue weighted by molar-refractivity contribution is 5.49. The Kier molecular flexibility index (Phi) is 3.73. The van der Waals surface area contributed by atoms with Crippen LogP contribution < -0.4 is 10.1 Å². The average Bonchev–Trinajstić information content (AvgIpc) is 2.58. The van der Waals surface area contributed by atoms with Crippen LogP contribution in [0.3, 0.4) is 0 Å². The van der Waals surface area contributed by atoms with Crippen molar-refractivity contribution in [2.24, 2.45) is 5.41 Å². The van der Waals surface area contributed by atoms with Crippen molar-refractivity contribution in [1.29, 1.82) is 0 Å². The fourth-order valence-corrected chi connectivity index (χ4v) is 2.56. The number of anilines is 1. The van der Waals surface area contributed by atoms with Crippen LogP contribution in [-0.2, 0) is 0 Å². The molecule has 1 atom stereocenters. The first-order chi connectivity index (χ1) is 8.47. The Bertz CT molecular complexity index is 407. The van der Waals surface area contributed by atoms with E-state index in [4.69, 9.17) is 0 Å². The Morgan fingerprint density at radius 2 is 2.17 bits per heavy atom. The van der Waals surface area contributed by atoms with Gasteiger partial charge < -0.3 is 10.1 Å². The van der Waals surface area contributed by atoms with Crippen LogP contribution >= 0.6 is 0 Å². The molecule has 18 heavy (non-hydrogen) atoms. The van der Waals surface area contributed by atoms with Crippen LogP contribution in [0.1, 0.15) is 33.1 Å².